The van der Waals surface area contributed by atoms with Crippen molar-refractivity contribution in [3.63, 3.8) is 0 Å². The molecule has 0 saturated carbocycles. The number of hydrogen-bond donors (Lipinski definition) is 0. The molecule has 12 aromatic carbocycles. The number of fused-ring (bicyclic) bond motifs is 6. The van der Waals surface area contributed by atoms with Crippen LogP contribution in [0.5, 0.6) is 11.5 Å². The number of rotatable bonds is 12. The third-order valence-corrected chi connectivity index (χ3v) is 21.5. The fourth-order valence-electron chi connectivity index (χ4n) is 11.6. The van der Waals surface area contributed by atoms with Crippen LogP contribution in [0.25, 0.3) is 77.2 Å². The normalized spacial score (nSPS) is 12.5. The first kappa shape index (κ1) is 47.9. The zero-order valence-corrected chi connectivity index (χ0v) is 44.7. The lowest BCUT2D eigenvalue weighted by molar-refractivity contribution is 0.489. The molecule has 1 unspecified atom stereocenters. The Labute approximate surface area is 458 Å². The summed E-state index contributed by atoms with van der Waals surface area (Å²) in [6, 6.07) is 102. The lowest BCUT2D eigenvalue weighted by Gasteiger charge is -2.25. The number of para-hydroxylation sites is 5. The average Bonchev–Trinajstić information content (AvgIpc) is 4.27. The summed E-state index contributed by atoms with van der Waals surface area (Å²) in [5.41, 5.74) is 11.1. The van der Waals surface area contributed by atoms with E-state index in [-0.39, 0.29) is 0 Å². The van der Waals surface area contributed by atoms with E-state index in [1.165, 1.54) is 21.8 Å². The smallest absolute Gasteiger partial charge is 0.174 e. The van der Waals surface area contributed by atoms with Gasteiger partial charge in [-0.3, -0.25) is 0 Å². The van der Waals surface area contributed by atoms with E-state index in [1.807, 2.05) is 152 Å². The van der Waals surface area contributed by atoms with Crippen LogP contribution in [0, 0.1) is 0 Å². The van der Waals surface area contributed by atoms with Crippen LogP contribution in [0.4, 0.5) is 0 Å². The minimum absolute atomic E-state index is 0.430. The predicted octanol–water partition coefficient (Wildman–Crippen LogP) is 16.3. The summed E-state index contributed by atoms with van der Waals surface area (Å²) in [7, 11) is -7.03. The minimum Gasteiger partial charge on any atom is -0.456 e. The minimum atomic E-state index is -3.60. The molecule has 0 spiro atoms. The Hall–Kier alpha value is -9.50. The molecule has 376 valence electrons. The van der Waals surface area contributed by atoms with Crippen molar-refractivity contribution in [1.82, 2.24) is 9.13 Å². The van der Waals surface area contributed by atoms with E-state index in [0.717, 1.165) is 55.4 Å². The van der Waals surface area contributed by atoms with Crippen LogP contribution < -0.4 is 36.6 Å². The third kappa shape index (κ3) is 8.17. The van der Waals surface area contributed by atoms with Gasteiger partial charge in [-0.2, -0.15) is 0 Å². The molecule has 0 aliphatic carbocycles. The molecule has 2 aromatic heterocycles. The van der Waals surface area contributed by atoms with Gasteiger partial charge in [-0.05, 0) is 101 Å². The quantitative estimate of drug-likeness (QED) is 0.115. The molecule has 0 amide bonds. The van der Waals surface area contributed by atoms with Gasteiger partial charge in [0.05, 0.1) is 32.7 Å². The van der Waals surface area contributed by atoms with Gasteiger partial charge in [0.2, 0.25) is 0 Å². The first-order valence-electron chi connectivity index (χ1n) is 26.5. The number of nitrogens with zero attached hydrogens (tertiary/aromatic N) is 2. The SMILES string of the molecule is O=P(c1ccccc1)(c1ccccc1)c1ccccc1Oc1ccccc1P(=O)(c1ccccc1)c1ccc(-c2ccc3c(c2)c2ccccc2n3-c2cccc(-c3cccc(-n4c5ccccc5c5ccccc54)c3)c2)cc1. The van der Waals surface area contributed by atoms with E-state index in [4.69, 9.17) is 4.74 Å². The molecule has 5 nitrogen and oxygen atoms in total. The van der Waals surface area contributed by atoms with Crippen LogP contribution in [-0.4, -0.2) is 9.13 Å². The van der Waals surface area contributed by atoms with Gasteiger partial charge >= 0.3 is 0 Å². The molecule has 0 aliphatic heterocycles. The van der Waals surface area contributed by atoms with E-state index < -0.39 is 14.3 Å². The second-order valence-electron chi connectivity index (χ2n) is 19.9. The molecule has 14 rings (SSSR count). The summed E-state index contributed by atoms with van der Waals surface area (Å²) >= 11 is 0. The summed E-state index contributed by atoms with van der Waals surface area (Å²) in [6.07, 6.45) is 0. The highest BCUT2D eigenvalue weighted by molar-refractivity contribution is 7.86. The number of hydrogen-bond acceptors (Lipinski definition) is 3. The van der Waals surface area contributed by atoms with E-state index in [1.54, 1.807) is 0 Å². The maximum atomic E-state index is 16.4. The van der Waals surface area contributed by atoms with Crippen molar-refractivity contribution in [3.05, 3.63) is 303 Å². The molecule has 0 radical (unpaired) electrons. The molecule has 0 aliphatic rings. The van der Waals surface area contributed by atoms with E-state index in [0.29, 0.717) is 43.3 Å². The molecule has 0 bridgehead atoms. The van der Waals surface area contributed by atoms with E-state index >= 15 is 9.13 Å². The Bertz CT molecular complexity index is 4600. The largest absolute Gasteiger partial charge is 0.456 e. The zero-order valence-electron chi connectivity index (χ0n) is 42.9. The van der Waals surface area contributed by atoms with Gasteiger partial charge in [0, 0.05) is 54.1 Å². The Morgan fingerprint density at radius 1 is 0.253 bits per heavy atom. The van der Waals surface area contributed by atoms with Crippen molar-refractivity contribution in [2.75, 3.05) is 0 Å². The first-order valence-corrected chi connectivity index (χ1v) is 29.9. The number of ether oxygens (including phenoxy) is 1. The van der Waals surface area contributed by atoms with E-state index in [2.05, 4.69) is 161 Å². The molecular weight excluding hydrogens is 1000 g/mol. The Kier molecular flexibility index (Phi) is 12.0. The highest BCUT2D eigenvalue weighted by Gasteiger charge is 2.36. The summed E-state index contributed by atoms with van der Waals surface area (Å²) in [4.78, 5) is 0. The van der Waals surface area contributed by atoms with Crippen LogP contribution in [0.1, 0.15) is 0 Å². The van der Waals surface area contributed by atoms with Crippen LogP contribution in [-0.2, 0) is 9.13 Å². The van der Waals surface area contributed by atoms with Gasteiger partial charge in [0.15, 0.2) is 14.3 Å². The lowest BCUT2D eigenvalue weighted by Crippen LogP contribution is -2.27. The second kappa shape index (κ2) is 19.8. The number of benzene rings is 12. The Morgan fingerprint density at radius 3 is 1.05 bits per heavy atom. The van der Waals surface area contributed by atoms with Crippen molar-refractivity contribution in [2.45, 2.75) is 0 Å². The molecule has 1 atom stereocenters. The van der Waals surface area contributed by atoms with Crippen molar-refractivity contribution in [2.24, 2.45) is 0 Å². The van der Waals surface area contributed by atoms with Crippen molar-refractivity contribution < 1.29 is 13.9 Å². The van der Waals surface area contributed by atoms with E-state index in [9.17, 15) is 0 Å². The first-order chi connectivity index (χ1) is 38.9. The topological polar surface area (TPSA) is 53.2 Å². The number of aromatic nitrogens is 2. The lowest BCUT2D eigenvalue weighted by atomic mass is 10.0. The highest BCUT2D eigenvalue weighted by atomic mass is 31.2. The van der Waals surface area contributed by atoms with Crippen molar-refractivity contribution in [3.8, 4) is 45.1 Å². The van der Waals surface area contributed by atoms with Gasteiger partial charge in [-0.25, -0.2) is 0 Å². The molecule has 14 aromatic rings. The fraction of sp³-hybridized carbons (Fsp3) is 0. The van der Waals surface area contributed by atoms with Crippen LogP contribution in [0.3, 0.4) is 0 Å². The van der Waals surface area contributed by atoms with Gasteiger partial charge in [0.1, 0.15) is 11.5 Å². The highest BCUT2D eigenvalue weighted by Crippen LogP contribution is 2.49. The van der Waals surface area contributed by atoms with Gasteiger partial charge in [0.25, 0.3) is 0 Å². The van der Waals surface area contributed by atoms with Gasteiger partial charge in [-0.15, -0.1) is 0 Å². The average molecular weight is 1050 g/mol. The van der Waals surface area contributed by atoms with Gasteiger partial charge < -0.3 is 23.0 Å². The van der Waals surface area contributed by atoms with Crippen LogP contribution in [0.15, 0.2) is 303 Å². The second-order valence-corrected chi connectivity index (χ2v) is 25.3. The van der Waals surface area contributed by atoms with Crippen molar-refractivity contribution in [1.29, 1.82) is 0 Å². The fourth-order valence-corrected chi connectivity index (χ4v) is 17.1. The third-order valence-electron chi connectivity index (χ3n) is 15.3. The molecule has 2 heterocycles. The monoisotopic (exact) mass is 1050 g/mol. The Balaban J connectivity index is 0.821. The standard InChI is InChI=1S/C72H50N2O3P2/c75-78(57-26-4-1-5-27-57,58-28-6-2-7-29-58)71-40-18-16-38-69(71)77-70-39-17-19-41-72(70)79(76,59-30-8-3-9-31-59)60-45-42-51(43-46-60)54-44-47-68-64(50-54)63-34-12-15-37-67(63)74(68)56-25-21-23-53(49-56)52-22-20-24-55(48-52)73-65-35-13-10-32-61(65)62-33-11-14-36-66(62)73/h1-50H. The van der Waals surface area contributed by atoms with Crippen LogP contribution >= 0.6 is 14.3 Å². The molecule has 0 saturated heterocycles. The summed E-state index contributed by atoms with van der Waals surface area (Å²) in [5, 5.41) is 8.64. The van der Waals surface area contributed by atoms with Crippen LogP contribution in [0.2, 0.25) is 0 Å². The Morgan fingerprint density at radius 2 is 0.595 bits per heavy atom. The molecule has 7 heteroatoms. The summed E-state index contributed by atoms with van der Waals surface area (Å²) in [5.74, 6) is 0.867. The summed E-state index contributed by atoms with van der Waals surface area (Å²) < 4.78 is 43.8. The molecule has 0 fully saturated rings. The van der Waals surface area contributed by atoms with Crippen molar-refractivity contribution >= 4 is 89.7 Å². The molecule has 0 N–H and O–H groups in total. The predicted molar refractivity (Wildman–Crippen MR) is 331 cm³/mol. The molecule has 79 heavy (non-hydrogen) atoms. The van der Waals surface area contributed by atoms with Gasteiger partial charge in [-0.1, -0.05) is 224 Å². The zero-order chi connectivity index (χ0) is 52.9. The maximum absolute atomic E-state index is 16.4. The maximum Gasteiger partial charge on any atom is 0.174 e. The summed E-state index contributed by atoms with van der Waals surface area (Å²) in [6.45, 7) is 0. The molecular formula is C72H50N2O3P2.